The Balaban J connectivity index is 1.49. The molecule has 2 saturated heterocycles. The van der Waals surface area contributed by atoms with Crippen molar-refractivity contribution in [2.45, 2.75) is 75.1 Å². The van der Waals surface area contributed by atoms with Crippen LogP contribution in [0.2, 0.25) is 0 Å². The summed E-state index contributed by atoms with van der Waals surface area (Å²) in [5.74, 6) is 1.23. The van der Waals surface area contributed by atoms with E-state index in [9.17, 15) is 13.2 Å². The number of benzene rings is 1. The van der Waals surface area contributed by atoms with Gasteiger partial charge >= 0.3 is 0 Å². The molecule has 4 aliphatic rings. The highest BCUT2D eigenvalue weighted by molar-refractivity contribution is 7.90. The van der Waals surface area contributed by atoms with Crippen molar-refractivity contribution < 1.29 is 13.2 Å². The van der Waals surface area contributed by atoms with E-state index in [1.165, 1.54) is 25.7 Å². The van der Waals surface area contributed by atoms with Crippen LogP contribution < -0.4 is 4.90 Å². The molecule has 1 aliphatic carbocycles. The number of amidine groups is 1. The van der Waals surface area contributed by atoms with Crippen LogP contribution in [0.15, 0.2) is 27.5 Å². The molecule has 1 aromatic rings. The van der Waals surface area contributed by atoms with Crippen LogP contribution in [-0.2, 0) is 10.0 Å². The van der Waals surface area contributed by atoms with Gasteiger partial charge in [-0.15, -0.1) is 4.40 Å². The van der Waals surface area contributed by atoms with Gasteiger partial charge in [0.25, 0.3) is 15.9 Å². The third-order valence-corrected chi connectivity index (χ3v) is 8.43. The van der Waals surface area contributed by atoms with E-state index in [2.05, 4.69) is 4.40 Å². The SMILES string of the molecule is O=C(c1ccc2c(c1)S(=O)(=O)N=C1CCCCCN12)N1CCC[C@@H]2CCCC[C@@H]21. The minimum Gasteiger partial charge on any atom is -0.335 e. The van der Waals surface area contributed by atoms with Crippen molar-refractivity contribution in [1.29, 1.82) is 0 Å². The Morgan fingerprint density at radius 1 is 0.966 bits per heavy atom. The van der Waals surface area contributed by atoms with E-state index < -0.39 is 10.0 Å². The number of nitrogens with zero attached hydrogens (tertiary/aromatic N) is 3. The highest BCUT2D eigenvalue weighted by Gasteiger charge is 2.37. The summed E-state index contributed by atoms with van der Waals surface area (Å²) >= 11 is 0. The van der Waals surface area contributed by atoms with Crippen molar-refractivity contribution in [3.05, 3.63) is 23.8 Å². The number of piperidine rings is 1. The zero-order valence-electron chi connectivity index (χ0n) is 16.8. The van der Waals surface area contributed by atoms with Gasteiger partial charge < -0.3 is 9.80 Å². The first-order valence-electron chi connectivity index (χ1n) is 11.1. The largest absolute Gasteiger partial charge is 0.335 e. The summed E-state index contributed by atoms with van der Waals surface area (Å²) in [7, 11) is -3.76. The van der Waals surface area contributed by atoms with Gasteiger partial charge in [-0.3, -0.25) is 4.79 Å². The molecule has 0 bridgehead atoms. The molecule has 3 heterocycles. The lowest BCUT2D eigenvalue weighted by atomic mass is 9.78. The molecule has 1 aromatic carbocycles. The Morgan fingerprint density at radius 3 is 2.69 bits per heavy atom. The van der Waals surface area contributed by atoms with E-state index in [1.54, 1.807) is 6.07 Å². The van der Waals surface area contributed by atoms with E-state index in [-0.39, 0.29) is 10.8 Å². The Kier molecular flexibility index (Phi) is 4.88. The fourth-order valence-corrected chi connectivity index (χ4v) is 6.94. The molecular weight excluding hydrogens is 386 g/mol. The molecule has 7 heteroatoms. The monoisotopic (exact) mass is 415 g/mol. The summed E-state index contributed by atoms with van der Waals surface area (Å²) in [4.78, 5) is 17.6. The molecule has 3 fully saturated rings. The normalized spacial score (nSPS) is 28.5. The molecule has 0 N–H and O–H groups in total. The first kappa shape index (κ1) is 19.1. The third kappa shape index (κ3) is 3.37. The lowest BCUT2D eigenvalue weighted by Gasteiger charge is -2.44. The quantitative estimate of drug-likeness (QED) is 0.696. The van der Waals surface area contributed by atoms with Gasteiger partial charge in [0.1, 0.15) is 10.7 Å². The molecule has 2 atom stereocenters. The lowest BCUT2D eigenvalue weighted by molar-refractivity contribution is 0.0390. The molecule has 3 aliphatic heterocycles. The van der Waals surface area contributed by atoms with Crippen LogP contribution >= 0.6 is 0 Å². The zero-order chi connectivity index (χ0) is 20.0. The number of rotatable bonds is 1. The smallest absolute Gasteiger partial charge is 0.286 e. The molecule has 6 nitrogen and oxygen atoms in total. The molecule has 5 rings (SSSR count). The highest BCUT2D eigenvalue weighted by atomic mass is 32.2. The van der Waals surface area contributed by atoms with Crippen LogP contribution in [0.5, 0.6) is 0 Å². The van der Waals surface area contributed by atoms with Gasteiger partial charge in [0.05, 0.1) is 5.69 Å². The van der Waals surface area contributed by atoms with E-state index in [0.717, 1.165) is 45.2 Å². The second kappa shape index (κ2) is 7.42. The number of amides is 1. The second-order valence-corrected chi connectivity index (χ2v) is 10.5. The average Bonchev–Trinajstić information content (AvgIpc) is 2.97. The van der Waals surface area contributed by atoms with E-state index in [1.807, 2.05) is 21.9 Å². The number of hydrogen-bond acceptors (Lipinski definition) is 4. The third-order valence-electron chi connectivity index (χ3n) is 7.10. The number of fused-ring (bicyclic) bond motifs is 4. The number of likely N-dealkylation sites (tertiary alicyclic amines) is 1. The Hall–Kier alpha value is -1.89. The molecule has 0 unspecified atom stereocenters. The van der Waals surface area contributed by atoms with Crippen LogP contribution in [-0.4, -0.2) is 44.2 Å². The van der Waals surface area contributed by atoms with E-state index in [4.69, 9.17) is 0 Å². The Morgan fingerprint density at radius 2 is 1.79 bits per heavy atom. The molecule has 1 amide bonds. The maximum atomic E-state index is 13.4. The van der Waals surface area contributed by atoms with Crippen LogP contribution in [0, 0.1) is 5.92 Å². The van der Waals surface area contributed by atoms with Crippen LogP contribution in [0.4, 0.5) is 5.69 Å². The van der Waals surface area contributed by atoms with Crippen molar-refractivity contribution in [1.82, 2.24) is 4.90 Å². The summed E-state index contributed by atoms with van der Waals surface area (Å²) in [5.41, 5.74) is 1.16. The van der Waals surface area contributed by atoms with Crippen molar-refractivity contribution >= 4 is 27.5 Å². The Labute approximate surface area is 173 Å². The van der Waals surface area contributed by atoms with Gasteiger partial charge in [0.15, 0.2) is 0 Å². The number of carbonyl (C=O) groups is 1. The van der Waals surface area contributed by atoms with Crippen molar-refractivity contribution in [2.75, 3.05) is 18.0 Å². The number of carbonyl (C=O) groups excluding carboxylic acids is 1. The summed E-state index contributed by atoms with van der Waals surface area (Å²) in [5, 5.41) is 0. The Bertz CT molecular complexity index is 954. The number of anilines is 1. The molecule has 0 spiro atoms. The highest BCUT2D eigenvalue weighted by Crippen LogP contribution is 2.38. The van der Waals surface area contributed by atoms with Crippen LogP contribution in [0.3, 0.4) is 0 Å². The maximum absolute atomic E-state index is 13.4. The molecule has 156 valence electrons. The molecular formula is C22H29N3O3S. The summed E-state index contributed by atoms with van der Waals surface area (Å²) < 4.78 is 29.9. The predicted molar refractivity (Wildman–Crippen MR) is 113 cm³/mol. The summed E-state index contributed by atoms with van der Waals surface area (Å²) in [6, 6.07) is 5.53. The van der Waals surface area contributed by atoms with E-state index in [0.29, 0.717) is 35.5 Å². The second-order valence-electron chi connectivity index (χ2n) is 8.88. The standard InChI is InChI=1S/C22H29N3O3S/c26-22(25-14-6-8-16-7-3-4-9-18(16)25)17-11-12-19-20(15-17)29(27,28)23-21-10-2-1-5-13-24(19)21/h11-12,15-16,18H,1-10,13-14H2/t16-,18-/m0/s1. The van der Waals surface area contributed by atoms with Gasteiger partial charge in [0.2, 0.25) is 0 Å². The van der Waals surface area contributed by atoms with Crippen molar-refractivity contribution in [3.63, 3.8) is 0 Å². The van der Waals surface area contributed by atoms with Gasteiger partial charge in [-0.05, 0) is 62.6 Å². The summed E-state index contributed by atoms with van der Waals surface area (Å²) in [6.45, 7) is 1.56. The zero-order valence-corrected chi connectivity index (χ0v) is 17.7. The van der Waals surface area contributed by atoms with Gasteiger partial charge in [-0.1, -0.05) is 19.3 Å². The van der Waals surface area contributed by atoms with Crippen molar-refractivity contribution in [3.8, 4) is 0 Å². The fraction of sp³-hybridized carbons (Fsp3) is 0.636. The molecule has 29 heavy (non-hydrogen) atoms. The summed E-state index contributed by atoms with van der Waals surface area (Å²) in [6.07, 6.45) is 10.7. The average molecular weight is 416 g/mol. The van der Waals surface area contributed by atoms with Gasteiger partial charge in [-0.25, -0.2) is 0 Å². The van der Waals surface area contributed by atoms with Gasteiger partial charge in [0, 0.05) is 31.1 Å². The first-order valence-corrected chi connectivity index (χ1v) is 12.5. The molecule has 0 aromatic heterocycles. The number of hydrogen-bond donors (Lipinski definition) is 0. The molecule has 0 radical (unpaired) electrons. The number of sulfonamides is 1. The topological polar surface area (TPSA) is 70.0 Å². The maximum Gasteiger partial charge on any atom is 0.286 e. The van der Waals surface area contributed by atoms with E-state index >= 15 is 0 Å². The first-order chi connectivity index (χ1) is 14.0. The fourth-order valence-electron chi connectivity index (χ4n) is 5.66. The van der Waals surface area contributed by atoms with Crippen LogP contribution in [0.1, 0.15) is 74.6 Å². The van der Waals surface area contributed by atoms with Crippen molar-refractivity contribution in [2.24, 2.45) is 10.3 Å². The van der Waals surface area contributed by atoms with Crippen LogP contribution in [0.25, 0.3) is 0 Å². The van der Waals surface area contributed by atoms with Gasteiger partial charge in [-0.2, -0.15) is 8.42 Å². The minimum atomic E-state index is -3.76. The predicted octanol–water partition coefficient (Wildman–Crippen LogP) is 3.96. The lowest BCUT2D eigenvalue weighted by Crippen LogP contribution is -2.49. The molecule has 1 saturated carbocycles. The minimum absolute atomic E-state index is 0.0229.